The van der Waals surface area contributed by atoms with Crippen LogP contribution in [0.2, 0.25) is 0 Å². The zero-order chi connectivity index (χ0) is 20.0. The summed E-state index contributed by atoms with van der Waals surface area (Å²) in [6, 6.07) is 4.82. The molecule has 7 heteroatoms. The van der Waals surface area contributed by atoms with Crippen LogP contribution in [0.3, 0.4) is 0 Å². The average Bonchev–Trinajstić information content (AvgIpc) is 2.92. The van der Waals surface area contributed by atoms with Gasteiger partial charge in [0.1, 0.15) is 0 Å². The van der Waals surface area contributed by atoms with Crippen molar-refractivity contribution in [2.24, 2.45) is 0 Å². The SMILES string of the molecule is COc1cc(C2CCC3=C4CNCCC4N4CC=CSC2=C34)cc(OC)c1OC.Cl. The van der Waals surface area contributed by atoms with Gasteiger partial charge in [-0.3, -0.25) is 0 Å². The van der Waals surface area contributed by atoms with E-state index in [9.17, 15) is 0 Å². The standard InChI is InChI=1S/C23H28N2O3S.ClH/c1-26-19-11-14(12-20(27-2)22(19)28-3)15-5-6-16-17-13-24-8-7-18(17)25-9-4-10-29-23(15)21(16)25;/h4,10-12,15,18,24H,5-9,13H2,1-3H3;1H. The largest absolute Gasteiger partial charge is 0.493 e. The number of halogens is 1. The molecule has 1 aromatic carbocycles. The number of nitrogens with one attached hydrogen (secondary N) is 1. The van der Waals surface area contributed by atoms with Crippen LogP contribution in [-0.2, 0) is 0 Å². The van der Waals surface area contributed by atoms with Crippen molar-refractivity contribution >= 4 is 24.2 Å². The van der Waals surface area contributed by atoms with E-state index >= 15 is 0 Å². The van der Waals surface area contributed by atoms with Gasteiger partial charge in [-0.15, -0.1) is 12.4 Å². The first-order valence-electron chi connectivity index (χ1n) is 10.3. The molecule has 2 unspecified atom stereocenters. The summed E-state index contributed by atoms with van der Waals surface area (Å²) in [6.07, 6.45) is 5.75. The van der Waals surface area contributed by atoms with Gasteiger partial charge < -0.3 is 24.4 Å². The number of nitrogens with zero attached hydrogens (tertiary/aromatic N) is 1. The quantitative estimate of drug-likeness (QED) is 0.733. The maximum atomic E-state index is 5.63. The van der Waals surface area contributed by atoms with Crippen LogP contribution in [0.5, 0.6) is 17.2 Å². The molecule has 1 fully saturated rings. The van der Waals surface area contributed by atoms with E-state index in [0.717, 1.165) is 44.0 Å². The number of allylic oxidation sites excluding steroid dienone is 2. The summed E-state index contributed by atoms with van der Waals surface area (Å²) in [4.78, 5) is 4.12. The second-order valence-electron chi connectivity index (χ2n) is 7.89. The van der Waals surface area contributed by atoms with Crippen molar-refractivity contribution in [1.29, 1.82) is 0 Å². The molecule has 162 valence electrons. The van der Waals surface area contributed by atoms with E-state index < -0.39 is 0 Å². The minimum atomic E-state index is 0. The zero-order valence-electron chi connectivity index (χ0n) is 17.7. The van der Waals surface area contributed by atoms with Crippen LogP contribution >= 0.6 is 24.2 Å². The molecule has 4 aliphatic rings. The molecule has 5 nitrogen and oxygen atoms in total. The molecule has 3 aliphatic heterocycles. The van der Waals surface area contributed by atoms with Crippen LogP contribution in [-0.4, -0.2) is 51.9 Å². The molecule has 0 amide bonds. The maximum absolute atomic E-state index is 5.63. The lowest BCUT2D eigenvalue weighted by Gasteiger charge is -2.34. The van der Waals surface area contributed by atoms with Crippen LogP contribution < -0.4 is 19.5 Å². The number of fused-ring (bicyclic) bond motifs is 2. The summed E-state index contributed by atoms with van der Waals surface area (Å²) in [5, 5.41) is 5.86. The van der Waals surface area contributed by atoms with E-state index in [-0.39, 0.29) is 12.4 Å². The predicted octanol–water partition coefficient (Wildman–Crippen LogP) is 4.46. The third kappa shape index (κ3) is 3.29. The van der Waals surface area contributed by atoms with Gasteiger partial charge in [-0.05, 0) is 60.1 Å². The number of rotatable bonds is 4. The molecule has 30 heavy (non-hydrogen) atoms. The fraction of sp³-hybridized carbons (Fsp3) is 0.478. The van der Waals surface area contributed by atoms with E-state index in [4.69, 9.17) is 14.2 Å². The number of ether oxygens (including phenoxy) is 3. The molecule has 1 N–H and O–H groups in total. The van der Waals surface area contributed by atoms with E-state index in [2.05, 4.69) is 33.8 Å². The lowest BCUT2D eigenvalue weighted by Crippen LogP contribution is -2.40. The highest BCUT2D eigenvalue weighted by atomic mass is 35.5. The Hall–Kier alpha value is -1.76. The topological polar surface area (TPSA) is 43.0 Å². The molecule has 2 atom stereocenters. The lowest BCUT2D eigenvalue weighted by atomic mass is 9.83. The summed E-state index contributed by atoms with van der Waals surface area (Å²) >= 11 is 1.89. The third-order valence-corrected chi connectivity index (χ3v) is 7.63. The van der Waals surface area contributed by atoms with Crippen LogP contribution in [0.15, 0.2) is 45.4 Å². The van der Waals surface area contributed by atoms with Crippen molar-refractivity contribution in [3.05, 3.63) is 50.9 Å². The molecule has 3 heterocycles. The van der Waals surface area contributed by atoms with Crippen molar-refractivity contribution in [3.63, 3.8) is 0 Å². The Morgan fingerprint density at radius 1 is 1.07 bits per heavy atom. The van der Waals surface area contributed by atoms with Gasteiger partial charge in [0.05, 0.1) is 33.1 Å². The van der Waals surface area contributed by atoms with Gasteiger partial charge in [0.2, 0.25) is 5.75 Å². The van der Waals surface area contributed by atoms with Gasteiger partial charge in [0.15, 0.2) is 11.5 Å². The molecule has 1 saturated heterocycles. The number of methoxy groups -OCH3 is 3. The zero-order valence-corrected chi connectivity index (χ0v) is 19.3. The smallest absolute Gasteiger partial charge is 0.203 e. The first-order chi connectivity index (χ1) is 14.3. The minimum Gasteiger partial charge on any atom is -0.493 e. The number of thioether (sulfide) groups is 1. The maximum Gasteiger partial charge on any atom is 0.203 e. The molecule has 1 aromatic rings. The normalized spacial score (nSPS) is 24.7. The van der Waals surface area contributed by atoms with Crippen molar-refractivity contribution in [2.75, 3.05) is 41.0 Å². The third-order valence-electron chi connectivity index (χ3n) is 6.56. The van der Waals surface area contributed by atoms with Gasteiger partial charge in [-0.1, -0.05) is 17.8 Å². The molecule has 1 aliphatic carbocycles. The highest BCUT2D eigenvalue weighted by molar-refractivity contribution is 8.05. The molecular weight excluding hydrogens is 420 g/mol. The Bertz CT molecular complexity index is 902. The predicted molar refractivity (Wildman–Crippen MR) is 124 cm³/mol. The Morgan fingerprint density at radius 3 is 2.53 bits per heavy atom. The van der Waals surface area contributed by atoms with Crippen molar-refractivity contribution in [2.45, 2.75) is 31.2 Å². The van der Waals surface area contributed by atoms with Crippen molar-refractivity contribution < 1.29 is 14.2 Å². The fourth-order valence-corrected chi connectivity index (χ4v) is 6.40. The van der Waals surface area contributed by atoms with Crippen molar-refractivity contribution in [3.8, 4) is 17.2 Å². The second-order valence-corrected chi connectivity index (χ2v) is 8.84. The number of hydrogen-bond donors (Lipinski definition) is 1. The molecule has 0 saturated carbocycles. The van der Waals surface area contributed by atoms with Gasteiger partial charge in [0, 0.05) is 23.9 Å². The van der Waals surface area contributed by atoms with Gasteiger partial charge in [-0.25, -0.2) is 0 Å². The van der Waals surface area contributed by atoms with Gasteiger partial charge in [0.25, 0.3) is 0 Å². The number of hydrogen-bond acceptors (Lipinski definition) is 6. The van der Waals surface area contributed by atoms with E-state index in [0.29, 0.717) is 17.7 Å². The highest BCUT2D eigenvalue weighted by Crippen LogP contribution is 2.54. The number of benzene rings is 1. The van der Waals surface area contributed by atoms with Crippen LogP contribution in [0.25, 0.3) is 0 Å². The average molecular weight is 449 g/mol. The highest BCUT2D eigenvalue weighted by Gasteiger charge is 2.42. The Labute approximate surface area is 188 Å². The molecule has 0 spiro atoms. The summed E-state index contributed by atoms with van der Waals surface area (Å²) < 4.78 is 16.8. The first-order valence-corrected chi connectivity index (χ1v) is 11.2. The lowest BCUT2D eigenvalue weighted by molar-refractivity contribution is 0.298. The Balaban J connectivity index is 0.00000218. The van der Waals surface area contributed by atoms with E-state index in [1.165, 1.54) is 22.6 Å². The second kappa shape index (κ2) is 8.77. The Kier molecular flexibility index (Phi) is 6.28. The van der Waals surface area contributed by atoms with E-state index in [1.807, 2.05) is 11.8 Å². The monoisotopic (exact) mass is 448 g/mol. The van der Waals surface area contributed by atoms with Gasteiger partial charge >= 0.3 is 0 Å². The summed E-state index contributed by atoms with van der Waals surface area (Å²) in [7, 11) is 5.03. The van der Waals surface area contributed by atoms with Crippen molar-refractivity contribution in [1.82, 2.24) is 10.2 Å². The molecule has 5 rings (SSSR count). The van der Waals surface area contributed by atoms with Crippen LogP contribution in [0.4, 0.5) is 0 Å². The Morgan fingerprint density at radius 2 is 1.83 bits per heavy atom. The molecule has 0 radical (unpaired) electrons. The van der Waals surface area contributed by atoms with Gasteiger partial charge in [-0.2, -0.15) is 0 Å². The van der Waals surface area contributed by atoms with Crippen LogP contribution in [0.1, 0.15) is 30.7 Å². The summed E-state index contributed by atoms with van der Waals surface area (Å²) in [6.45, 7) is 3.15. The molecule has 0 bridgehead atoms. The minimum absolute atomic E-state index is 0. The summed E-state index contributed by atoms with van der Waals surface area (Å²) in [5.41, 5.74) is 5.95. The van der Waals surface area contributed by atoms with Crippen LogP contribution in [0, 0.1) is 0 Å². The first kappa shape index (κ1) is 21.5. The number of piperidine rings is 1. The molecular formula is C23H29ClN2O3S. The fourth-order valence-electron chi connectivity index (χ4n) is 5.30. The molecule has 0 aromatic heterocycles. The summed E-state index contributed by atoms with van der Waals surface area (Å²) in [5.74, 6) is 2.45. The van der Waals surface area contributed by atoms with E-state index in [1.54, 1.807) is 32.5 Å².